The zero-order valence-electron chi connectivity index (χ0n) is 11.5. The molecule has 0 aliphatic carbocycles. The highest BCUT2D eigenvalue weighted by atomic mass is 127. The van der Waals surface area contributed by atoms with Crippen molar-refractivity contribution >= 4 is 22.6 Å². The minimum absolute atomic E-state index is 0.941. The quantitative estimate of drug-likeness (QED) is 0.205. The first-order valence-corrected chi connectivity index (χ1v) is 9.01. The van der Waals surface area contributed by atoms with Crippen molar-refractivity contribution in [1.82, 2.24) is 0 Å². The summed E-state index contributed by atoms with van der Waals surface area (Å²) in [5.41, 5.74) is 0. The summed E-state index contributed by atoms with van der Waals surface area (Å²) in [5.74, 6) is 1.08. The van der Waals surface area contributed by atoms with E-state index in [9.17, 15) is 0 Å². The Balaban J connectivity index is 1.66. The van der Waals surface area contributed by atoms with Gasteiger partial charge in [-0.3, -0.25) is 0 Å². The zero-order valence-corrected chi connectivity index (χ0v) is 13.6. The molecule has 2 heteroatoms. The second kappa shape index (κ2) is 6.74. The molecule has 0 aromatic rings. The van der Waals surface area contributed by atoms with Crippen LogP contribution >= 0.6 is 22.6 Å². The first-order valence-electron chi connectivity index (χ1n) is 7.77. The molecule has 3 aliphatic heterocycles. The molecule has 2 bridgehead atoms. The van der Waals surface area contributed by atoms with Crippen molar-refractivity contribution in [2.75, 3.05) is 19.6 Å². The van der Waals surface area contributed by atoms with Crippen molar-refractivity contribution < 1.29 is 4.48 Å². The van der Waals surface area contributed by atoms with E-state index in [1.165, 1.54) is 81.9 Å². The van der Waals surface area contributed by atoms with E-state index in [0.29, 0.717) is 0 Å². The summed E-state index contributed by atoms with van der Waals surface area (Å²) < 4.78 is 2.42. The van der Waals surface area contributed by atoms with E-state index < -0.39 is 0 Å². The Hall–Kier alpha value is 0.690. The Morgan fingerprint density at radius 3 is 2.29 bits per heavy atom. The molecule has 0 N–H and O–H groups in total. The molecule has 3 aliphatic rings. The molecule has 0 amide bonds. The molecule has 3 rings (SSSR count). The SMILES string of the molecule is CCCCCCCC[N+]12CCC(CC1)CC2I. The van der Waals surface area contributed by atoms with Gasteiger partial charge in [0, 0.05) is 6.42 Å². The lowest BCUT2D eigenvalue weighted by Crippen LogP contribution is -2.62. The minimum Gasteiger partial charge on any atom is -0.313 e. The van der Waals surface area contributed by atoms with Crippen molar-refractivity contribution in [3.8, 4) is 0 Å². The average Bonchev–Trinajstić information content (AvgIpc) is 2.35. The molecule has 1 atom stereocenters. The Morgan fingerprint density at radius 2 is 1.65 bits per heavy atom. The second-order valence-corrected chi connectivity index (χ2v) is 7.71. The number of halogens is 1. The van der Waals surface area contributed by atoms with Crippen molar-refractivity contribution in [1.29, 1.82) is 0 Å². The average molecular weight is 350 g/mol. The molecule has 3 heterocycles. The smallest absolute Gasteiger partial charge is 0.140 e. The van der Waals surface area contributed by atoms with Crippen LogP contribution in [0.1, 0.15) is 64.7 Å². The van der Waals surface area contributed by atoms with Crippen LogP contribution in [0.4, 0.5) is 0 Å². The summed E-state index contributed by atoms with van der Waals surface area (Å²) in [6.45, 7) is 6.77. The van der Waals surface area contributed by atoms with Crippen LogP contribution in [0.2, 0.25) is 0 Å². The molecule has 3 fully saturated rings. The first-order chi connectivity index (χ1) is 8.27. The van der Waals surface area contributed by atoms with Gasteiger partial charge in [-0.05, 0) is 54.2 Å². The van der Waals surface area contributed by atoms with Gasteiger partial charge in [0.15, 0.2) is 0 Å². The minimum atomic E-state index is 0.941. The summed E-state index contributed by atoms with van der Waals surface area (Å²) in [6.07, 6.45) is 13.3. The number of rotatable bonds is 7. The fraction of sp³-hybridized carbons (Fsp3) is 1.00. The Labute approximate surface area is 121 Å². The van der Waals surface area contributed by atoms with Crippen LogP contribution in [-0.2, 0) is 0 Å². The van der Waals surface area contributed by atoms with Crippen LogP contribution in [-0.4, -0.2) is 28.2 Å². The van der Waals surface area contributed by atoms with Gasteiger partial charge in [-0.15, -0.1) is 0 Å². The van der Waals surface area contributed by atoms with Gasteiger partial charge in [-0.1, -0.05) is 32.6 Å². The molecule has 0 spiro atoms. The van der Waals surface area contributed by atoms with Gasteiger partial charge in [0.25, 0.3) is 0 Å². The Bertz CT molecular complexity index is 221. The Morgan fingerprint density at radius 1 is 1.00 bits per heavy atom. The number of alkyl halides is 1. The summed E-state index contributed by atoms with van der Waals surface area (Å²) >= 11 is 2.75. The lowest BCUT2D eigenvalue weighted by Gasteiger charge is -2.52. The number of nitrogens with zero attached hydrogens (tertiary/aromatic N) is 1. The largest absolute Gasteiger partial charge is 0.313 e. The lowest BCUT2D eigenvalue weighted by molar-refractivity contribution is -0.948. The summed E-state index contributed by atoms with van der Waals surface area (Å²) in [7, 11) is 0. The standard InChI is InChI=1S/C15H29IN/c1-2-3-4-5-6-7-10-17-11-8-14(9-12-17)13-15(17)16/h14-15H,2-13H2,1H3/q+1. The summed E-state index contributed by atoms with van der Waals surface area (Å²) in [5, 5.41) is 0. The molecule has 0 aromatic heterocycles. The maximum atomic E-state index is 2.75. The van der Waals surface area contributed by atoms with Gasteiger partial charge in [0.1, 0.15) is 4.05 Å². The van der Waals surface area contributed by atoms with Crippen LogP contribution in [0, 0.1) is 5.92 Å². The number of hydrogen-bond acceptors (Lipinski definition) is 0. The van der Waals surface area contributed by atoms with Crippen LogP contribution in [0.15, 0.2) is 0 Å². The highest BCUT2D eigenvalue weighted by molar-refractivity contribution is 14.1. The molecule has 3 saturated heterocycles. The zero-order chi connectivity index (χ0) is 12.1. The normalized spacial score (nSPS) is 36.4. The third-order valence-electron chi connectivity index (χ3n) is 5.04. The molecule has 1 nitrogen and oxygen atoms in total. The topological polar surface area (TPSA) is 0 Å². The third kappa shape index (κ3) is 3.59. The van der Waals surface area contributed by atoms with Gasteiger partial charge in [-0.2, -0.15) is 0 Å². The number of piperidine rings is 3. The van der Waals surface area contributed by atoms with E-state index in [0.717, 1.165) is 9.97 Å². The second-order valence-electron chi connectivity index (χ2n) is 6.27. The van der Waals surface area contributed by atoms with Gasteiger partial charge < -0.3 is 4.48 Å². The third-order valence-corrected chi connectivity index (χ3v) is 6.73. The summed E-state index contributed by atoms with van der Waals surface area (Å²) in [6, 6.07) is 0. The maximum Gasteiger partial charge on any atom is 0.140 e. The monoisotopic (exact) mass is 350 g/mol. The predicted octanol–water partition coefficient (Wildman–Crippen LogP) is 4.74. The Kier molecular flexibility index (Phi) is 5.59. The first kappa shape index (κ1) is 14.1. The molecule has 17 heavy (non-hydrogen) atoms. The lowest BCUT2D eigenvalue weighted by atomic mass is 9.85. The van der Waals surface area contributed by atoms with E-state index >= 15 is 0 Å². The van der Waals surface area contributed by atoms with E-state index in [2.05, 4.69) is 29.5 Å². The predicted molar refractivity (Wildman–Crippen MR) is 83.4 cm³/mol. The van der Waals surface area contributed by atoms with E-state index in [4.69, 9.17) is 0 Å². The van der Waals surface area contributed by atoms with E-state index in [-0.39, 0.29) is 0 Å². The number of fused-ring (bicyclic) bond motifs is 3. The summed E-state index contributed by atoms with van der Waals surface area (Å²) in [4.78, 5) is 0. The highest BCUT2D eigenvalue weighted by Gasteiger charge is 2.45. The van der Waals surface area contributed by atoms with Crippen molar-refractivity contribution in [2.24, 2.45) is 5.92 Å². The van der Waals surface area contributed by atoms with Crippen molar-refractivity contribution in [2.45, 2.75) is 68.8 Å². The molecular formula is C15H29IN+. The van der Waals surface area contributed by atoms with E-state index in [1.807, 2.05) is 0 Å². The van der Waals surface area contributed by atoms with Crippen LogP contribution in [0.3, 0.4) is 0 Å². The number of quaternary nitrogens is 1. The molecule has 0 radical (unpaired) electrons. The van der Waals surface area contributed by atoms with Crippen LogP contribution in [0.5, 0.6) is 0 Å². The van der Waals surface area contributed by atoms with Crippen LogP contribution < -0.4 is 0 Å². The molecule has 100 valence electrons. The fourth-order valence-electron chi connectivity index (χ4n) is 3.72. The number of unbranched alkanes of at least 4 members (excludes halogenated alkanes) is 5. The fourth-order valence-corrected chi connectivity index (χ4v) is 5.28. The van der Waals surface area contributed by atoms with Crippen LogP contribution in [0.25, 0.3) is 0 Å². The van der Waals surface area contributed by atoms with Gasteiger partial charge in [-0.25, -0.2) is 0 Å². The van der Waals surface area contributed by atoms with Gasteiger partial charge in [0.05, 0.1) is 19.6 Å². The molecular weight excluding hydrogens is 321 g/mol. The van der Waals surface area contributed by atoms with E-state index in [1.54, 1.807) is 0 Å². The van der Waals surface area contributed by atoms with Crippen molar-refractivity contribution in [3.05, 3.63) is 0 Å². The highest BCUT2D eigenvalue weighted by Crippen LogP contribution is 2.41. The number of hydrogen-bond donors (Lipinski definition) is 0. The maximum absolute atomic E-state index is 2.75. The molecule has 0 aromatic carbocycles. The molecule has 1 unspecified atom stereocenters. The van der Waals surface area contributed by atoms with Gasteiger partial charge >= 0.3 is 0 Å². The molecule has 0 saturated carbocycles. The van der Waals surface area contributed by atoms with Gasteiger partial charge in [0.2, 0.25) is 0 Å². The van der Waals surface area contributed by atoms with Crippen molar-refractivity contribution in [3.63, 3.8) is 0 Å².